The van der Waals surface area contributed by atoms with Gasteiger partial charge in [0.2, 0.25) is 0 Å². The van der Waals surface area contributed by atoms with Crippen LogP contribution < -0.4 is 0 Å². The van der Waals surface area contributed by atoms with Crippen molar-refractivity contribution in [2.24, 2.45) is 0 Å². The molecule has 0 aliphatic heterocycles. The maximum Gasteiger partial charge on any atom is 0.253 e. The number of nitrogens with one attached hydrogen (secondary N) is 1. The summed E-state index contributed by atoms with van der Waals surface area (Å²) in [6.45, 7) is 0.264. The van der Waals surface area contributed by atoms with Crippen molar-refractivity contribution in [3.05, 3.63) is 52.5 Å². The normalized spacial score (nSPS) is 12.5. The van der Waals surface area contributed by atoms with E-state index in [0.717, 1.165) is 15.9 Å². The average molecular weight is 301 g/mol. The molecule has 2 N–H and O–H groups in total. The van der Waals surface area contributed by atoms with E-state index in [2.05, 4.69) is 9.97 Å². The molecule has 2 aromatic heterocycles. The highest BCUT2D eigenvalue weighted by molar-refractivity contribution is 7.10. The van der Waals surface area contributed by atoms with Crippen molar-refractivity contribution < 1.29 is 9.90 Å². The maximum atomic E-state index is 12.4. The first-order valence-electron chi connectivity index (χ1n) is 6.55. The number of H-pyrrole nitrogens is 1. The molecule has 0 aliphatic carbocycles. The zero-order valence-electron chi connectivity index (χ0n) is 11.5. The molecule has 6 heteroatoms. The number of rotatable bonds is 4. The number of imidazole rings is 1. The fourth-order valence-corrected chi connectivity index (χ4v) is 2.91. The SMILES string of the molecule is CN(CC(O)c1cccs1)C(=O)c1ccc2nc[nH]c2c1. The zero-order valence-corrected chi connectivity index (χ0v) is 12.3. The number of fused-ring (bicyclic) bond motifs is 1. The summed E-state index contributed by atoms with van der Waals surface area (Å²) in [5.41, 5.74) is 2.23. The van der Waals surface area contributed by atoms with E-state index in [-0.39, 0.29) is 12.5 Å². The first-order chi connectivity index (χ1) is 10.1. The molecule has 0 radical (unpaired) electrons. The largest absolute Gasteiger partial charge is 0.386 e. The van der Waals surface area contributed by atoms with E-state index < -0.39 is 6.10 Å². The number of hydrogen-bond donors (Lipinski definition) is 2. The number of carbonyl (C=O) groups is 1. The Kier molecular flexibility index (Phi) is 3.72. The monoisotopic (exact) mass is 301 g/mol. The smallest absolute Gasteiger partial charge is 0.253 e. The molecule has 21 heavy (non-hydrogen) atoms. The number of benzene rings is 1. The van der Waals surface area contributed by atoms with Crippen LogP contribution in [0.3, 0.4) is 0 Å². The van der Waals surface area contributed by atoms with Crippen LogP contribution in [-0.2, 0) is 0 Å². The van der Waals surface area contributed by atoms with Crippen LogP contribution in [0.1, 0.15) is 21.3 Å². The summed E-state index contributed by atoms with van der Waals surface area (Å²) in [4.78, 5) is 21.9. The summed E-state index contributed by atoms with van der Waals surface area (Å²) in [5.74, 6) is -0.123. The zero-order chi connectivity index (χ0) is 14.8. The van der Waals surface area contributed by atoms with Gasteiger partial charge in [-0.05, 0) is 29.6 Å². The first kappa shape index (κ1) is 13.8. The molecular formula is C15H15N3O2S. The molecule has 2 heterocycles. The van der Waals surface area contributed by atoms with E-state index in [1.807, 2.05) is 23.6 Å². The molecule has 1 atom stereocenters. The van der Waals surface area contributed by atoms with Crippen LogP contribution in [0.2, 0.25) is 0 Å². The fourth-order valence-electron chi connectivity index (χ4n) is 2.20. The highest BCUT2D eigenvalue weighted by Gasteiger charge is 2.17. The highest BCUT2D eigenvalue weighted by atomic mass is 32.1. The summed E-state index contributed by atoms with van der Waals surface area (Å²) in [6, 6.07) is 9.09. The number of aliphatic hydroxyl groups excluding tert-OH is 1. The Morgan fingerprint density at radius 2 is 2.33 bits per heavy atom. The second-order valence-corrected chi connectivity index (χ2v) is 5.83. The van der Waals surface area contributed by atoms with Crippen molar-refractivity contribution in [2.75, 3.05) is 13.6 Å². The van der Waals surface area contributed by atoms with Gasteiger partial charge in [0.15, 0.2) is 0 Å². The molecule has 0 spiro atoms. The van der Waals surface area contributed by atoms with Crippen LogP contribution in [0.5, 0.6) is 0 Å². The molecule has 1 aromatic carbocycles. The summed E-state index contributed by atoms with van der Waals surface area (Å²) in [6.07, 6.45) is 0.943. The van der Waals surface area contributed by atoms with Gasteiger partial charge in [0, 0.05) is 17.5 Å². The predicted molar refractivity (Wildman–Crippen MR) is 82.3 cm³/mol. The van der Waals surface area contributed by atoms with Gasteiger partial charge in [0.05, 0.1) is 23.9 Å². The van der Waals surface area contributed by atoms with Gasteiger partial charge in [-0.3, -0.25) is 4.79 Å². The second-order valence-electron chi connectivity index (χ2n) is 4.85. The van der Waals surface area contributed by atoms with E-state index in [4.69, 9.17) is 0 Å². The van der Waals surface area contributed by atoms with Crippen LogP contribution in [0.4, 0.5) is 0 Å². The first-order valence-corrected chi connectivity index (χ1v) is 7.43. The molecule has 0 bridgehead atoms. The van der Waals surface area contributed by atoms with Gasteiger partial charge in [-0.2, -0.15) is 0 Å². The van der Waals surface area contributed by atoms with Crippen LogP contribution >= 0.6 is 11.3 Å². The van der Waals surface area contributed by atoms with Gasteiger partial charge in [0.25, 0.3) is 5.91 Å². The lowest BCUT2D eigenvalue weighted by Gasteiger charge is -2.20. The number of thiophene rings is 1. The Hall–Kier alpha value is -2.18. The van der Waals surface area contributed by atoms with Crippen molar-refractivity contribution in [1.82, 2.24) is 14.9 Å². The molecule has 0 saturated carbocycles. The predicted octanol–water partition coefficient (Wildman–Crippen LogP) is 2.43. The number of likely N-dealkylation sites (N-methyl/N-ethyl adjacent to an activating group) is 1. The van der Waals surface area contributed by atoms with Crippen LogP contribution in [-0.4, -0.2) is 39.5 Å². The molecule has 3 rings (SSSR count). The lowest BCUT2D eigenvalue weighted by atomic mass is 10.1. The standard InChI is InChI=1S/C15H15N3O2S/c1-18(8-13(19)14-3-2-6-21-14)15(20)10-4-5-11-12(7-10)17-9-16-11/h2-7,9,13,19H,8H2,1H3,(H,16,17). The Balaban J connectivity index is 1.74. The lowest BCUT2D eigenvalue weighted by molar-refractivity contribution is 0.0686. The molecule has 1 amide bonds. The highest BCUT2D eigenvalue weighted by Crippen LogP contribution is 2.20. The van der Waals surface area contributed by atoms with Gasteiger partial charge in [-0.1, -0.05) is 6.07 Å². The third-order valence-electron chi connectivity index (χ3n) is 3.33. The van der Waals surface area contributed by atoms with Crippen LogP contribution in [0, 0.1) is 0 Å². The third kappa shape index (κ3) is 2.81. The van der Waals surface area contributed by atoms with Crippen molar-refractivity contribution in [1.29, 1.82) is 0 Å². The van der Waals surface area contributed by atoms with Crippen molar-refractivity contribution in [3.8, 4) is 0 Å². The Bertz CT molecular complexity index is 751. The third-order valence-corrected chi connectivity index (χ3v) is 4.31. The number of hydrogen-bond acceptors (Lipinski definition) is 4. The molecule has 0 fully saturated rings. The summed E-state index contributed by atoms with van der Waals surface area (Å²) >= 11 is 1.48. The topological polar surface area (TPSA) is 69.2 Å². The van der Waals surface area contributed by atoms with Crippen LogP contribution in [0.15, 0.2) is 42.0 Å². The van der Waals surface area contributed by atoms with Crippen molar-refractivity contribution in [2.45, 2.75) is 6.10 Å². The minimum Gasteiger partial charge on any atom is -0.386 e. The minimum absolute atomic E-state index is 0.123. The molecule has 1 unspecified atom stereocenters. The van der Waals surface area contributed by atoms with Gasteiger partial charge in [-0.25, -0.2) is 4.98 Å². The van der Waals surface area contributed by atoms with Gasteiger partial charge >= 0.3 is 0 Å². The molecule has 0 aliphatic rings. The van der Waals surface area contributed by atoms with E-state index in [1.165, 1.54) is 16.2 Å². The lowest BCUT2D eigenvalue weighted by Crippen LogP contribution is -2.30. The van der Waals surface area contributed by atoms with Crippen LogP contribution in [0.25, 0.3) is 11.0 Å². The van der Waals surface area contributed by atoms with Gasteiger partial charge in [0.1, 0.15) is 6.10 Å². The minimum atomic E-state index is -0.658. The second kappa shape index (κ2) is 5.67. The van der Waals surface area contributed by atoms with Crippen molar-refractivity contribution in [3.63, 3.8) is 0 Å². The quantitative estimate of drug-likeness (QED) is 0.777. The van der Waals surface area contributed by atoms with E-state index in [9.17, 15) is 9.90 Å². The molecule has 108 valence electrons. The van der Waals surface area contributed by atoms with E-state index in [0.29, 0.717) is 5.56 Å². The molecule has 0 saturated heterocycles. The Labute approximate surface area is 125 Å². The average Bonchev–Trinajstić information content (AvgIpc) is 3.16. The summed E-state index contributed by atoms with van der Waals surface area (Å²) in [7, 11) is 1.69. The Morgan fingerprint density at radius 1 is 1.48 bits per heavy atom. The molecular weight excluding hydrogens is 286 g/mol. The van der Waals surface area contributed by atoms with Crippen molar-refractivity contribution >= 4 is 28.3 Å². The molecule has 3 aromatic rings. The maximum absolute atomic E-state index is 12.4. The number of aliphatic hydroxyl groups is 1. The number of carbonyl (C=O) groups excluding carboxylic acids is 1. The number of aromatic amines is 1. The summed E-state index contributed by atoms with van der Waals surface area (Å²) in [5, 5.41) is 12.0. The van der Waals surface area contributed by atoms with E-state index in [1.54, 1.807) is 25.5 Å². The molecule has 5 nitrogen and oxygen atoms in total. The van der Waals surface area contributed by atoms with E-state index >= 15 is 0 Å². The number of aromatic nitrogens is 2. The van der Waals surface area contributed by atoms with Gasteiger partial charge < -0.3 is 15.0 Å². The summed E-state index contributed by atoms with van der Waals surface area (Å²) < 4.78 is 0. The Morgan fingerprint density at radius 3 is 3.10 bits per heavy atom. The van der Waals surface area contributed by atoms with Gasteiger partial charge in [-0.15, -0.1) is 11.3 Å². The number of amides is 1. The fraction of sp³-hybridized carbons (Fsp3) is 0.200. The number of nitrogens with zero attached hydrogens (tertiary/aromatic N) is 2.